The van der Waals surface area contributed by atoms with Crippen molar-refractivity contribution in [1.82, 2.24) is 30.6 Å². The normalized spacial score (nSPS) is 17.0. The fourth-order valence-corrected chi connectivity index (χ4v) is 11.8. The second-order valence-corrected chi connectivity index (χ2v) is 21.0. The number of aromatic amines is 1. The first-order valence-electron chi connectivity index (χ1n) is 22.3. The van der Waals surface area contributed by atoms with Gasteiger partial charge >= 0.3 is 6.09 Å². The van der Waals surface area contributed by atoms with E-state index in [0.717, 1.165) is 22.5 Å². The number of thiazole rings is 1. The van der Waals surface area contributed by atoms with E-state index in [2.05, 4.69) is 36.2 Å². The second kappa shape index (κ2) is 21.4. The Morgan fingerprint density at radius 2 is 1.42 bits per heavy atom. The molecule has 1 fully saturated rings. The molecular weight excluding hydrogens is 977 g/mol. The van der Waals surface area contributed by atoms with Gasteiger partial charge in [0.1, 0.15) is 39.5 Å². The summed E-state index contributed by atoms with van der Waals surface area (Å²) in [5.41, 5.74) is 2.12. The quantitative estimate of drug-likeness (QED) is 0.0208. The summed E-state index contributed by atoms with van der Waals surface area (Å²) < 4.78 is 26.6. The number of rotatable bonds is 16. The SMILES string of the molecule is CC(C)(C)OC(=O)Nc1nc(/C(=N\OC(c2ccccc2)(c2ccccc2)c2ccccc2)C(=O)N[C@@H]2C(=O)N3C(C(=S)OC(c4ccccc4)c4ccccc4)=C(CSc4cn[nH]n4)CS(=O)[C@H]23)cs1. The summed E-state index contributed by atoms with van der Waals surface area (Å²) in [6, 6.07) is 46.2. The number of oxime groups is 1. The third-order valence-electron chi connectivity index (χ3n) is 11.3. The summed E-state index contributed by atoms with van der Waals surface area (Å²) in [5.74, 6) is -1.16. The van der Waals surface area contributed by atoms with Crippen molar-refractivity contribution in [2.75, 3.05) is 16.8 Å². The van der Waals surface area contributed by atoms with Crippen LogP contribution < -0.4 is 10.6 Å². The molecule has 0 saturated carbocycles. The average Bonchev–Trinajstić information content (AvgIpc) is 4.09. The molecule has 5 aromatic carbocycles. The lowest BCUT2D eigenvalue weighted by Crippen LogP contribution is -2.74. The second-order valence-electron chi connectivity index (χ2n) is 17.2. The van der Waals surface area contributed by atoms with Crippen molar-refractivity contribution in [3.05, 3.63) is 208 Å². The van der Waals surface area contributed by atoms with E-state index in [-0.39, 0.29) is 33.1 Å². The minimum Gasteiger partial charge on any atom is -0.469 e. The summed E-state index contributed by atoms with van der Waals surface area (Å²) >= 11 is 8.45. The van der Waals surface area contributed by atoms with Gasteiger partial charge < -0.3 is 19.6 Å². The molecule has 0 aliphatic carbocycles. The number of aromatic nitrogens is 4. The lowest BCUT2D eigenvalue weighted by Gasteiger charge is -2.50. The lowest BCUT2D eigenvalue weighted by atomic mass is 9.80. The molecule has 3 atom stereocenters. The molecule has 4 heterocycles. The van der Waals surface area contributed by atoms with Gasteiger partial charge in [0, 0.05) is 27.8 Å². The minimum absolute atomic E-state index is 0.00935. The maximum Gasteiger partial charge on any atom is 0.413 e. The topological polar surface area (TPSA) is 190 Å². The fraction of sp³-hybridized carbons (Fsp3) is 0.192. The number of carbonyl (C=O) groups excluding carboxylic acids is 3. The Labute approximate surface area is 425 Å². The van der Waals surface area contributed by atoms with Gasteiger partial charge in [-0.05, 0) is 49.7 Å². The highest BCUT2D eigenvalue weighted by Gasteiger charge is 2.57. The van der Waals surface area contributed by atoms with Crippen LogP contribution in [0.5, 0.6) is 0 Å². The number of anilines is 1. The van der Waals surface area contributed by atoms with Gasteiger partial charge in [-0.15, -0.1) is 16.4 Å². The third kappa shape index (κ3) is 10.7. The molecule has 1 saturated heterocycles. The van der Waals surface area contributed by atoms with Crippen LogP contribution in [-0.4, -0.2) is 86.7 Å². The first-order chi connectivity index (χ1) is 34.4. The first kappa shape index (κ1) is 48.7. The minimum atomic E-state index is -1.74. The number of amides is 3. The fourth-order valence-electron chi connectivity index (χ4n) is 8.16. The molecule has 9 rings (SSSR count). The van der Waals surface area contributed by atoms with E-state index in [9.17, 15) is 18.6 Å². The van der Waals surface area contributed by atoms with Gasteiger partial charge in [-0.2, -0.15) is 10.3 Å². The summed E-state index contributed by atoms with van der Waals surface area (Å²) in [4.78, 5) is 55.3. The van der Waals surface area contributed by atoms with Crippen LogP contribution in [0.4, 0.5) is 9.93 Å². The Morgan fingerprint density at radius 3 is 1.94 bits per heavy atom. The van der Waals surface area contributed by atoms with Crippen molar-refractivity contribution >= 4 is 79.9 Å². The van der Waals surface area contributed by atoms with Crippen LogP contribution >= 0.6 is 35.3 Å². The number of hydrogen-bond acceptors (Lipinski definition) is 14. The summed E-state index contributed by atoms with van der Waals surface area (Å²) in [6.07, 6.45) is 0.160. The zero-order valence-corrected chi connectivity index (χ0v) is 41.7. The van der Waals surface area contributed by atoms with Crippen molar-refractivity contribution < 1.29 is 32.9 Å². The van der Waals surface area contributed by atoms with Crippen molar-refractivity contribution in [3.8, 4) is 0 Å². The van der Waals surface area contributed by atoms with Crippen molar-refractivity contribution in [2.45, 2.75) is 54.5 Å². The zero-order chi connectivity index (χ0) is 49.5. The molecule has 1 unspecified atom stereocenters. The standard InChI is InChI=1S/C52H46N8O7S4/c1-51(2,3)66-50(63)56-49-54-39(31-70-49)41(58-67-52(36-23-13-6-14-24-36,37-25-15-7-16-26-37)38-27-17-8-18-28-38)45(61)55-42-46(62)60-43(35(32-71(64)47(42)60)30-69-40-29-53-59-57-40)48(68)65-44(33-19-9-4-10-20-33)34-21-11-5-12-22-34/h4-29,31,42,44,47H,30,32H2,1-3H3,(H,55,61)(H,53,57,59)(H,54,56,63)/b58-41+/t42-,47-,71?/m1/s1. The van der Waals surface area contributed by atoms with Gasteiger partial charge in [0.2, 0.25) is 10.7 Å². The summed E-state index contributed by atoms with van der Waals surface area (Å²) in [5, 5.41) is 22.0. The van der Waals surface area contributed by atoms with Gasteiger partial charge in [-0.3, -0.25) is 24.0 Å². The zero-order valence-electron chi connectivity index (χ0n) is 38.5. The highest BCUT2D eigenvalue weighted by molar-refractivity contribution is 7.99. The third-order valence-corrected chi connectivity index (χ3v) is 15.0. The van der Waals surface area contributed by atoms with Crippen molar-refractivity contribution in [2.24, 2.45) is 5.16 Å². The van der Waals surface area contributed by atoms with Crippen LogP contribution in [0.1, 0.15) is 60.4 Å². The number of nitrogens with one attached hydrogen (secondary N) is 3. The van der Waals surface area contributed by atoms with Crippen LogP contribution in [0.2, 0.25) is 0 Å². The molecule has 15 nitrogen and oxygen atoms in total. The van der Waals surface area contributed by atoms with Gasteiger partial charge in [-0.1, -0.05) is 169 Å². The Balaban J connectivity index is 1.08. The lowest BCUT2D eigenvalue weighted by molar-refractivity contribution is -0.144. The number of hydrogen-bond donors (Lipinski definition) is 3. The number of benzene rings is 5. The number of fused-ring (bicyclic) bond motifs is 1. The van der Waals surface area contributed by atoms with E-state index >= 15 is 0 Å². The molecule has 2 aliphatic rings. The largest absolute Gasteiger partial charge is 0.469 e. The highest BCUT2D eigenvalue weighted by Crippen LogP contribution is 2.42. The number of carbonyl (C=O) groups is 3. The van der Waals surface area contributed by atoms with Gasteiger partial charge in [0.05, 0.1) is 22.7 Å². The Kier molecular flexibility index (Phi) is 14.6. The molecule has 0 radical (unpaired) electrons. The van der Waals surface area contributed by atoms with Crippen molar-refractivity contribution in [3.63, 3.8) is 0 Å². The van der Waals surface area contributed by atoms with Crippen molar-refractivity contribution in [1.29, 1.82) is 0 Å². The number of H-pyrrole nitrogens is 1. The number of β-lactam (4-membered cyclic amide) rings is 1. The summed E-state index contributed by atoms with van der Waals surface area (Å²) in [7, 11) is -1.74. The molecule has 3 amide bonds. The molecule has 0 spiro atoms. The molecule has 360 valence electrons. The molecule has 0 bridgehead atoms. The Morgan fingerprint density at radius 1 is 0.873 bits per heavy atom. The summed E-state index contributed by atoms with van der Waals surface area (Å²) in [6.45, 7) is 5.20. The van der Waals surface area contributed by atoms with E-state index in [0.29, 0.717) is 33.0 Å². The molecule has 71 heavy (non-hydrogen) atoms. The molecule has 7 aromatic rings. The van der Waals surface area contributed by atoms with Crippen LogP contribution in [0.3, 0.4) is 0 Å². The number of thioether (sulfide) groups is 1. The van der Waals surface area contributed by atoms with Crippen LogP contribution in [0, 0.1) is 0 Å². The molecule has 3 N–H and O–H groups in total. The van der Waals surface area contributed by atoms with Crippen LogP contribution in [-0.2, 0) is 40.3 Å². The van der Waals surface area contributed by atoms with E-state index in [1.54, 1.807) is 27.0 Å². The maximum atomic E-state index is 15.0. The highest BCUT2D eigenvalue weighted by atomic mass is 32.2. The average molecular weight is 1020 g/mol. The monoisotopic (exact) mass is 1020 g/mol. The van der Waals surface area contributed by atoms with Gasteiger partial charge in [-0.25, -0.2) is 9.78 Å². The smallest absolute Gasteiger partial charge is 0.413 e. The number of nitrogens with zero attached hydrogens (tertiary/aromatic N) is 5. The number of thiocarbonyl (C=S) groups is 1. The van der Waals surface area contributed by atoms with Gasteiger partial charge in [0.15, 0.2) is 10.8 Å². The predicted octanol–water partition coefficient (Wildman–Crippen LogP) is 8.92. The molecule has 2 aliphatic heterocycles. The van der Waals surface area contributed by atoms with Crippen LogP contribution in [0.25, 0.3) is 0 Å². The van der Waals surface area contributed by atoms with E-state index in [4.69, 9.17) is 26.5 Å². The van der Waals surface area contributed by atoms with Gasteiger partial charge in [0.25, 0.3) is 11.8 Å². The van der Waals surface area contributed by atoms with E-state index in [1.807, 2.05) is 152 Å². The Bertz CT molecular complexity index is 2960. The number of ether oxygens (including phenoxy) is 2. The Hall–Kier alpha value is -7.32. The predicted molar refractivity (Wildman–Crippen MR) is 277 cm³/mol. The van der Waals surface area contributed by atoms with Crippen LogP contribution in [0.15, 0.2) is 185 Å². The maximum absolute atomic E-state index is 15.0. The molecule has 2 aromatic heterocycles. The van der Waals surface area contributed by atoms with E-state index < -0.39 is 57.4 Å². The molecular formula is C52H46N8O7S4. The van der Waals surface area contributed by atoms with E-state index in [1.165, 1.54) is 22.0 Å². The first-order valence-corrected chi connectivity index (χ1v) is 26.0. The molecule has 19 heteroatoms.